The van der Waals surface area contributed by atoms with Crippen LogP contribution < -0.4 is 5.32 Å². The Morgan fingerprint density at radius 2 is 2.25 bits per heavy atom. The highest BCUT2D eigenvalue weighted by molar-refractivity contribution is 8.00. The maximum Gasteiger partial charge on any atom is 0.410 e. The van der Waals surface area contributed by atoms with Gasteiger partial charge < -0.3 is 15.0 Å². The van der Waals surface area contributed by atoms with E-state index >= 15 is 0 Å². The number of rotatable bonds is 3. The summed E-state index contributed by atoms with van der Waals surface area (Å²) >= 11 is 2.08. The number of carbonyl (C=O) groups excluding carboxylic acids is 1. The monoisotopic (exact) mass is 300 g/mol. The summed E-state index contributed by atoms with van der Waals surface area (Å²) < 4.78 is 5.81. The van der Waals surface area contributed by atoms with E-state index in [1.807, 2.05) is 25.7 Å². The minimum absolute atomic E-state index is 0.178. The number of likely N-dealkylation sites (tertiary alicyclic amines) is 1. The van der Waals surface area contributed by atoms with Crippen LogP contribution in [-0.2, 0) is 4.74 Å². The third-order valence-corrected chi connectivity index (χ3v) is 5.44. The molecule has 2 fully saturated rings. The lowest BCUT2D eigenvalue weighted by atomic mass is 10.1. The van der Waals surface area contributed by atoms with Gasteiger partial charge in [0.15, 0.2) is 0 Å². The molecule has 2 unspecified atom stereocenters. The average molecular weight is 300 g/mol. The van der Waals surface area contributed by atoms with Crippen molar-refractivity contribution in [2.24, 2.45) is 0 Å². The van der Waals surface area contributed by atoms with Crippen molar-refractivity contribution in [3.8, 4) is 0 Å². The third kappa shape index (κ3) is 4.55. The largest absolute Gasteiger partial charge is 0.444 e. The van der Waals surface area contributed by atoms with E-state index in [9.17, 15) is 4.79 Å². The minimum atomic E-state index is -0.406. The maximum atomic E-state index is 12.0. The standard InChI is InChI=1S/C15H28N2O2S/c1-14(2,3)19-13(18)17-8-6-12(10-17)16-11-15(4)7-5-9-20-15/h12,16H,5-11H2,1-4H3. The van der Waals surface area contributed by atoms with Gasteiger partial charge in [0.1, 0.15) is 5.60 Å². The Kier molecular flexibility index (Phi) is 4.90. The zero-order valence-electron chi connectivity index (χ0n) is 13.2. The molecule has 2 aliphatic rings. The van der Waals surface area contributed by atoms with Gasteiger partial charge >= 0.3 is 6.09 Å². The molecular weight excluding hydrogens is 272 g/mol. The van der Waals surface area contributed by atoms with Crippen LogP contribution in [-0.4, -0.2) is 52.8 Å². The summed E-state index contributed by atoms with van der Waals surface area (Å²) in [6.45, 7) is 10.7. The fraction of sp³-hybridized carbons (Fsp3) is 0.933. The Hall–Kier alpha value is -0.420. The number of carbonyl (C=O) groups is 1. The zero-order valence-corrected chi connectivity index (χ0v) is 14.0. The Bertz CT molecular complexity index is 348. The second kappa shape index (κ2) is 6.14. The average Bonchev–Trinajstić information content (AvgIpc) is 2.93. The fourth-order valence-electron chi connectivity index (χ4n) is 2.76. The van der Waals surface area contributed by atoms with Crippen LogP contribution in [0.15, 0.2) is 0 Å². The van der Waals surface area contributed by atoms with E-state index in [1.165, 1.54) is 18.6 Å². The van der Waals surface area contributed by atoms with Crippen molar-refractivity contribution in [2.45, 2.75) is 63.3 Å². The SMILES string of the molecule is CC(C)(C)OC(=O)N1CCC(NCC2(C)CCCS2)C1. The predicted molar refractivity (Wildman–Crippen MR) is 84.3 cm³/mol. The minimum Gasteiger partial charge on any atom is -0.444 e. The fourth-order valence-corrected chi connectivity index (χ4v) is 4.01. The quantitative estimate of drug-likeness (QED) is 0.870. The van der Waals surface area contributed by atoms with Crippen LogP contribution in [0.25, 0.3) is 0 Å². The Morgan fingerprint density at radius 1 is 1.50 bits per heavy atom. The maximum absolute atomic E-state index is 12.0. The molecule has 0 aromatic rings. The van der Waals surface area contributed by atoms with Crippen LogP contribution in [0, 0.1) is 0 Å². The van der Waals surface area contributed by atoms with Crippen molar-refractivity contribution in [3.63, 3.8) is 0 Å². The van der Waals surface area contributed by atoms with Gasteiger partial charge in [-0.3, -0.25) is 0 Å². The highest BCUT2D eigenvalue weighted by Crippen LogP contribution is 2.37. The highest BCUT2D eigenvalue weighted by Gasteiger charge is 2.33. The molecule has 4 nitrogen and oxygen atoms in total. The van der Waals surface area contributed by atoms with E-state index in [4.69, 9.17) is 4.74 Å². The van der Waals surface area contributed by atoms with Crippen molar-refractivity contribution in [1.82, 2.24) is 10.2 Å². The van der Waals surface area contributed by atoms with Gasteiger partial charge in [-0.25, -0.2) is 4.79 Å². The summed E-state index contributed by atoms with van der Waals surface area (Å²) in [6.07, 6.45) is 3.48. The van der Waals surface area contributed by atoms with E-state index in [0.29, 0.717) is 10.8 Å². The summed E-state index contributed by atoms with van der Waals surface area (Å²) in [5.74, 6) is 1.28. The number of hydrogen-bond donors (Lipinski definition) is 1. The van der Waals surface area contributed by atoms with E-state index in [2.05, 4.69) is 24.0 Å². The van der Waals surface area contributed by atoms with Crippen LogP contribution in [0.5, 0.6) is 0 Å². The molecule has 5 heteroatoms. The molecule has 2 heterocycles. The third-order valence-electron chi connectivity index (χ3n) is 3.91. The molecule has 0 spiro atoms. The number of amides is 1. The van der Waals surface area contributed by atoms with Gasteiger partial charge in [0.05, 0.1) is 0 Å². The molecule has 0 aromatic heterocycles. The van der Waals surface area contributed by atoms with Crippen LogP contribution >= 0.6 is 11.8 Å². The van der Waals surface area contributed by atoms with Crippen molar-refractivity contribution in [1.29, 1.82) is 0 Å². The molecule has 2 rings (SSSR count). The number of nitrogens with one attached hydrogen (secondary N) is 1. The first-order valence-electron chi connectivity index (χ1n) is 7.63. The summed E-state index contributed by atoms with van der Waals surface area (Å²) in [5, 5.41) is 3.64. The first-order chi connectivity index (χ1) is 9.27. The first-order valence-corrected chi connectivity index (χ1v) is 8.61. The lowest BCUT2D eigenvalue weighted by Crippen LogP contribution is -2.42. The summed E-state index contributed by atoms with van der Waals surface area (Å²) in [4.78, 5) is 13.8. The molecule has 2 aliphatic heterocycles. The van der Waals surface area contributed by atoms with Crippen LogP contribution in [0.4, 0.5) is 4.79 Å². The molecule has 116 valence electrons. The number of ether oxygens (including phenoxy) is 1. The molecule has 0 aromatic carbocycles. The zero-order chi connectivity index (χ0) is 14.8. The molecule has 0 saturated carbocycles. The van der Waals surface area contributed by atoms with Crippen molar-refractivity contribution < 1.29 is 9.53 Å². The van der Waals surface area contributed by atoms with Crippen molar-refractivity contribution in [3.05, 3.63) is 0 Å². The second-order valence-electron chi connectivity index (χ2n) is 7.19. The van der Waals surface area contributed by atoms with Crippen molar-refractivity contribution in [2.75, 3.05) is 25.4 Å². The van der Waals surface area contributed by atoms with Gasteiger partial charge in [-0.1, -0.05) is 0 Å². The Morgan fingerprint density at radius 3 is 2.85 bits per heavy atom. The summed E-state index contributed by atoms with van der Waals surface area (Å²) in [6, 6.07) is 0.417. The number of hydrogen-bond acceptors (Lipinski definition) is 4. The number of thioether (sulfide) groups is 1. The van der Waals surface area contributed by atoms with Gasteiger partial charge in [0.25, 0.3) is 0 Å². The van der Waals surface area contributed by atoms with Gasteiger partial charge in [0.2, 0.25) is 0 Å². The predicted octanol–water partition coefficient (Wildman–Crippen LogP) is 2.87. The molecule has 1 amide bonds. The lowest BCUT2D eigenvalue weighted by Gasteiger charge is -2.26. The lowest BCUT2D eigenvalue weighted by molar-refractivity contribution is 0.0291. The summed E-state index contributed by atoms with van der Waals surface area (Å²) in [5.41, 5.74) is -0.406. The smallest absolute Gasteiger partial charge is 0.410 e. The van der Waals surface area contributed by atoms with Gasteiger partial charge in [-0.15, -0.1) is 0 Å². The molecule has 2 atom stereocenters. The Labute approximate surface area is 127 Å². The van der Waals surface area contributed by atoms with E-state index in [-0.39, 0.29) is 6.09 Å². The van der Waals surface area contributed by atoms with E-state index in [1.54, 1.807) is 0 Å². The topological polar surface area (TPSA) is 41.6 Å². The molecule has 2 saturated heterocycles. The van der Waals surface area contributed by atoms with Gasteiger partial charge in [0, 0.05) is 30.4 Å². The first kappa shape index (κ1) is 16.0. The Balaban J connectivity index is 1.73. The normalized spacial score (nSPS) is 30.8. The van der Waals surface area contributed by atoms with Crippen LogP contribution in [0.3, 0.4) is 0 Å². The highest BCUT2D eigenvalue weighted by atomic mass is 32.2. The van der Waals surface area contributed by atoms with E-state index in [0.717, 1.165) is 26.1 Å². The molecule has 0 radical (unpaired) electrons. The van der Waals surface area contributed by atoms with Gasteiger partial charge in [-0.2, -0.15) is 11.8 Å². The summed E-state index contributed by atoms with van der Waals surface area (Å²) in [7, 11) is 0. The van der Waals surface area contributed by atoms with Crippen LogP contribution in [0.1, 0.15) is 47.0 Å². The molecule has 0 aliphatic carbocycles. The van der Waals surface area contributed by atoms with Crippen LogP contribution in [0.2, 0.25) is 0 Å². The van der Waals surface area contributed by atoms with Gasteiger partial charge in [-0.05, 0) is 52.7 Å². The van der Waals surface area contributed by atoms with Crippen molar-refractivity contribution >= 4 is 17.9 Å². The van der Waals surface area contributed by atoms with E-state index < -0.39 is 5.60 Å². The molecule has 20 heavy (non-hydrogen) atoms. The molecular formula is C15H28N2O2S. The molecule has 1 N–H and O–H groups in total. The number of nitrogens with zero attached hydrogens (tertiary/aromatic N) is 1. The molecule has 0 bridgehead atoms. The second-order valence-corrected chi connectivity index (χ2v) is 8.88.